The van der Waals surface area contributed by atoms with Crippen molar-refractivity contribution in [2.24, 2.45) is 0 Å². The molecule has 1 atom stereocenters. The zero-order valence-electron chi connectivity index (χ0n) is 11.7. The maximum absolute atomic E-state index is 6.02. The maximum atomic E-state index is 6.02. The number of benzene rings is 1. The largest absolute Gasteiger partial charge is 0.495 e. The Morgan fingerprint density at radius 2 is 2.37 bits per heavy atom. The Morgan fingerprint density at radius 3 is 3.11 bits per heavy atom. The average molecular weight is 265 g/mol. The molecule has 1 fully saturated rings. The number of nitrogen functional groups attached to an aromatic ring is 1. The van der Waals surface area contributed by atoms with Crippen LogP contribution < -0.4 is 15.8 Å². The van der Waals surface area contributed by atoms with E-state index >= 15 is 0 Å². The van der Waals surface area contributed by atoms with E-state index in [-0.39, 0.29) is 6.10 Å². The summed E-state index contributed by atoms with van der Waals surface area (Å²) < 4.78 is 11.0. The zero-order valence-corrected chi connectivity index (χ0v) is 11.7. The van der Waals surface area contributed by atoms with E-state index in [0.717, 1.165) is 38.5 Å². The molecule has 0 aliphatic carbocycles. The number of likely N-dealkylation sites (N-methyl/N-ethyl adjacent to an activating group) is 1. The lowest BCUT2D eigenvalue weighted by Gasteiger charge is -2.32. The number of ether oxygens (including phenoxy) is 2. The molecule has 0 spiro atoms. The van der Waals surface area contributed by atoms with Gasteiger partial charge < -0.3 is 20.5 Å². The van der Waals surface area contributed by atoms with Crippen LogP contribution in [-0.4, -0.2) is 50.9 Å². The SMILES string of the molecule is CCN1CCOC(CNc2cccc(OC)c2N)C1. The number of para-hydroxylation sites is 1. The van der Waals surface area contributed by atoms with Gasteiger partial charge >= 0.3 is 0 Å². The Balaban J connectivity index is 1.91. The first-order valence-electron chi connectivity index (χ1n) is 6.75. The van der Waals surface area contributed by atoms with E-state index in [2.05, 4.69) is 17.1 Å². The first kappa shape index (κ1) is 14.0. The number of nitrogens with two attached hydrogens (primary N) is 1. The molecule has 5 nitrogen and oxygen atoms in total. The smallest absolute Gasteiger partial charge is 0.143 e. The number of nitrogens with zero attached hydrogens (tertiary/aromatic N) is 1. The van der Waals surface area contributed by atoms with Crippen LogP contribution in [0.25, 0.3) is 0 Å². The molecular weight excluding hydrogens is 242 g/mol. The van der Waals surface area contributed by atoms with E-state index in [4.69, 9.17) is 15.2 Å². The Labute approximate surface area is 114 Å². The molecule has 0 saturated carbocycles. The number of anilines is 2. The second-order valence-electron chi connectivity index (χ2n) is 4.69. The van der Waals surface area contributed by atoms with E-state index in [9.17, 15) is 0 Å². The van der Waals surface area contributed by atoms with Crippen molar-refractivity contribution >= 4 is 11.4 Å². The Bertz CT molecular complexity index is 412. The first-order chi connectivity index (χ1) is 9.24. The van der Waals surface area contributed by atoms with Gasteiger partial charge in [0.25, 0.3) is 0 Å². The van der Waals surface area contributed by atoms with Crippen molar-refractivity contribution in [3.8, 4) is 5.75 Å². The fourth-order valence-corrected chi connectivity index (χ4v) is 2.29. The molecule has 0 amide bonds. The molecule has 1 aliphatic heterocycles. The number of rotatable bonds is 5. The van der Waals surface area contributed by atoms with Gasteiger partial charge in [0, 0.05) is 19.6 Å². The van der Waals surface area contributed by atoms with Crippen molar-refractivity contribution in [1.82, 2.24) is 4.90 Å². The lowest BCUT2D eigenvalue weighted by atomic mass is 10.2. The van der Waals surface area contributed by atoms with Crippen LogP contribution in [0.2, 0.25) is 0 Å². The molecule has 1 unspecified atom stereocenters. The van der Waals surface area contributed by atoms with Crippen molar-refractivity contribution in [1.29, 1.82) is 0 Å². The molecule has 1 heterocycles. The van der Waals surface area contributed by atoms with Crippen molar-refractivity contribution in [3.63, 3.8) is 0 Å². The summed E-state index contributed by atoms with van der Waals surface area (Å²) >= 11 is 0. The van der Waals surface area contributed by atoms with Crippen LogP contribution in [0.15, 0.2) is 18.2 Å². The minimum Gasteiger partial charge on any atom is -0.495 e. The molecule has 1 aromatic carbocycles. The third-order valence-corrected chi connectivity index (χ3v) is 3.48. The van der Waals surface area contributed by atoms with Crippen molar-refractivity contribution in [3.05, 3.63) is 18.2 Å². The molecule has 5 heteroatoms. The Kier molecular flexibility index (Phi) is 4.87. The summed E-state index contributed by atoms with van der Waals surface area (Å²) in [6.45, 7) is 6.79. The lowest BCUT2D eigenvalue weighted by Crippen LogP contribution is -2.45. The molecule has 0 aromatic heterocycles. The third kappa shape index (κ3) is 3.52. The van der Waals surface area contributed by atoms with E-state index in [0.29, 0.717) is 11.4 Å². The molecular formula is C14H23N3O2. The van der Waals surface area contributed by atoms with E-state index in [1.165, 1.54) is 0 Å². The standard InChI is InChI=1S/C14H23N3O2/c1-3-17-7-8-19-11(10-17)9-16-12-5-4-6-13(18-2)14(12)15/h4-6,11,16H,3,7-10,15H2,1-2H3. The number of nitrogens with one attached hydrogen (secondary N) is 1. The quantitative estimate of drug-likeness (QED) is 0.788. The predicted octanol–water partition coefficient (Wildman–Crippen LogP) is 1.41. The van der Waals surface area contributed by atoms with Crippen molar-refractivity contribution in [2.45, 2.75) is 13.0 Å². The monoisotopic (exact) mass is 265 g/mol. The molecule has 2 rings (SSSR count). The van der Waals surface area contributed by atoms with Gasteiger partial charge in [0.05, 0.1) is 31.2 Å². The van der Waals surface area contributed by atoms with Crippen LogP contribution in [0.4, 0.5) is 11.4 Å². The summed E-state index contributed by atoms with van der Waals surface area (Å²) in [6.07, 6.45) is 0.208. The second kappa shape index (κ2) is 6.63. The zero-order chi connectivity index (χ0) is 13.7. The van der Waals surface area contributed by atoms with Crippen LogP contribution in [0.3, 0.4) is 0 Å². The molecule has 106 valence electrons. The highest BCUT2D eigenvalue weighted by Crippen LogP contribution is 2.28. The van der Waals surface area contributed by atoms with Crippen LogP contribution in [0.1, 0.15) is 6.92 Å². The summed E-state index contributed by atoms with van der Waals surface area (Å²) in [4.78, 5) is 2.39. The number of hydrogen-bond acceptors (Lipinski definition) is 5. The Hall–Kier alpha value is -1.46. The minimum atomic E-state index is 0.208. The average Bonchev–Trinajstić information content (AvgIpc) is 2.46. The molecule has 1 saturated heterocycles. The summed E-state index contributed by atoms with van der Waals surface area (Å²) in [5.41, 5.74) is 7.57. The van der Waals surface area contributed by atoms with Gasteiger partial charge in [-0.15, -0.1) is 0 Å². The second-order valence-corrected chi connectivity index (χ2v) is 4.69. The molecule has 0 bridgehead atoms. The van der Waals surface area contributed by atoms with Crippen molar-refractivity contribution in [2.75, 3.05) is 50.9 Å². The lowest BCUT2D eigenvalue weighted by molar-refractivity contribution is -0.0191. The fourth-order valence-electron chi connectivity index (χ4n) is 2.29. The van der Waals surface area contributed by atoms with E-state index < -0.39 is 0 Å². The normalized spacial score (nSPS) is 20.2. The highest BCUT2D eigenvalue weighted by Gasteiger charge is 2.19. The van der Waals surface area contributed by atoms with Gasteiger partial charge in [-0.3, -0.25) is 4.90 Å². The molecule has 19 heavy (non-hydrogen) atoms. The van der Waals surface area contributed by atoms with Gasteiger partial charge in [-0.05, 0) is 18.7 Å². The maximum Gasteiger partial charge on any atom is 0.143 e. The fraction of sp³-hybridized carbons (Fsp3) is 0.571. The summed E-state index contributed by atoms with van der Waals surface area (Å²) in [5.74, 6) is 0.699. The third-order valence-electron chi connectivity index (χ3n) is 3.48. The molecule has 3 N–H and O–H groups in total. The minimum absolute atomic E-state index is 0.208. The van der Waals surface area contributed by atoms with Crippen LogP contribution in [0.5, 0.6) is 5.75 Å². The van der Waals surface area contributed by atoms with Gasteiger partial charge in [0.2, 0.25) is 0 Å². The van der Waals surface area contributed by atoms with E-state index in [1.54, 1.807) is 7.11 Å². The molecule has 0 radical (unpaired) electrons. The van der Waals surface area contributed by atoms with Gasteiger partial charge in [-0.1, -0.05) is 13.0 Å². The van der Waals surface area contributed by atoms with Gasteiger partial charge in [-0.2, -0.15) is 0 Å². The summed E-state index contributed by atoms with van der Waals surface area (Å²) in [5, 5.41) is 3.35. The van der Waals surface area contributed by atoms with Crippen molar-refractivity contribution < 1.29 is 9.47 Å². The van der Waals surface area contributed by atoms with Gasteiger partial charge in [-0.25, -0.2) is 0 Å². The highest BCUT2D eigenvalue weighted by molar-refractivity contribution is 5.72. The molecule has 1 aromatic rings. The molecule has 1 aliphatic rings. The van der Waals surface area contributed by atoms with Crippen LogP contribution >= 0.6 is 0 Å². The summed E-state index contributed by atoms with van der Waals surface area (Å²) in [6, 6.07) is 5.74. The number of hydrogen-bond donors (Lipinski definition) is 2. The Morgan fingerprint density at radius 1 is 1.53 bits per heavy atom. The predicted molar refractivity (Wildman–Crippen MR) is 77.8 cm³/mol. The van der Waals surface area contributed by atoms with Crippen LogP contribution in [-0.2, 0) is 4.74 Å². The topological polar surface area (TPSA) is 59.8 Å². The van der Waals surface area contributed by atoms with Crippen LogP contribution in [0, 0.1) is 0 Å². The van der Waals surface area contributed by atoms with Gasteiger partial charge in [0.1, 0.15) is 5.75 Å². The summed E-state index contributed by atoms with van der Waals surface area (Å²) in [7, 11) is 1.62. The first-order valence-corrected chi connectivity index (χ1v) is 6.75. The van der Waals surface area contributed by atoms with Gasteiger partial charge in [0.15, 0.2) is 0 Å². The number of methoxy groups -OCH3 is 1. The number of morpholine rings is 1. The van der Waals surface area contributed by atoms with E-state index in [1.807, 2.05) is 18.2 Å². The highest BCUT2D eigenvalue weighted by atomic mass is 16.5.